The number of rotatable bonds is 1. The predicted octanol–water partition coefficient (Wildman–Crippen LogP) is 0.846. The van der Waals surface area contributed by atoms with E-state index < -0.39 is 0 Å². The molecule has 2 N–H and O–H groups in total. The Balaban J connectivity index is 2.06. The molecule has 1 aromatic heterocycles. The number of nitrogen functional groups attached to an aromatic ring is 1. The standard InChI is InChI=1S/C9H10N4/c10-4-7-5-12-13(8(7)11)9-1-6(2-9)3-9/h5-6H,1-3,11H2. The topological polar surface area (TPSA) is 67.6 Å². The van der Waals surface area contributed by atoms with Crippen molar-refractivity contribution in [2.75, 3.05) is 5.73 Å². The molecule has 3 saturated carbocycles. The molecule has 1 aromatic rings. The average molecular weight is 174 g/mol. The van der Waals surface area contributed by atoms with Gasteiger partial charge in [0.05, 0.1) is 11.7 Å². The molecule has 4 nitrogen and oxygen atoms in total. The number of nitrogens with two attached hydrogens (primary N) is 1. The number of nitrogens with zero attached hydrogens (tertiary/aromatic N) is 3. The van der Waals surface area contributed by atoms with Gasteiger partial charge >= 0.3 is 0 Å². The number of hydrogen-bond donors (Lipinski definition) is 1. The lowest BCUT2D eigenvalue weighted by atomic mass is 9.50. The second kappa shape index (κ2) is 1.87. The molecule has 1 heterocycles. The first-order valence-corrected chi connectivity index (χ1v) is 4.49. The highest BCUT2D eigenvalue weighted by Crippen LogP contribution is 2.62. The van der Waals surface area contributed by atoms with Crippen molar-refractivity contribution in [3.8, 4) is 6.07 Å². The highest BCUT2D eigenvalue weighted by Gasteiger charge is 2.59. The molecule has 2 bridgehead atoms. The number of hydrogen-bond acceptors (Lipinski definition) is 3. The van der Waals surface area contributed by atoms with Gasteiger partial charge in [0, 0.05) is 0 Å². The van der Waals surface area contributed by atoms with Crippen LogP contribution in [0.4, 0.5) is 5.82 Å². The first kappa shape index (κ1) is 6.96. The van der Waals surface area contributed by atoms with Crippen molar-refractivity contribution in [1.29, 1.82) is 5.26 Å². The summed E-state index contributed by atoms with van der Waals surface area (Å²) in [5, 5.41) is 12.9. The Labute approximate surface area is 75.9 Å². The van der Waals surface area contributed by atoms with Crippen LogP contribution >= 0.6 is 0 Å². The van der Waals surface area contributed by atoms with Crippen molar-refractivity contribution in [1.82, 2.24) is 9.78 Å². The van der Waals surface area contributed by atoms with Crippen LogP contribution in [0.15, 0.2) is 6.20 Å². The van der Waals surface area contributed by atoms with Crippen molar-refractivity contribution < 1.29 is 0 Å². The highest BCUT2D eigenvalue weighted by atomic mass is 15.4. The zero-order chi connectivity index (χ0) is 9.05. The maximum Gasteiger partial charge on any atom is 0.140 e. The average Bonchev–Trinajstić information content (AvgIpc) is 2.27. The first-order valence-electron chi connectivity index (χ1n) is 4.49. The zero-order valence-corrected chi connectivity index (χ0v) is 7.20. The van der Waals surface area contributed by atoms with Gasteiger partial charge in [-0.2, -0.15) is 10.4 Å². The van der Waals surface area contributed by atoms with Gasteiger partial charge in [-0.25, -0.2) is 4.68 Å². The fourth-order valence-electron chi connectivity index (χ4n) is 2.51. The van der Waals surface area contributed by atoms with Crippen LogP contribution in [0.25, 0.3) is 0 Å². The first-order chi connectivity index (χ1) is 6.25. The van der Waals surface area contributed by atoms with Gasteiger partial charge < -0.3 is 5.73 Å². The van der Waals surface area contributed by atoms with Crippen molar-refractivity contribution >= 4 is 5.82 Å². The maximum atomic E-state index is 8.72. The van der Waals surface area contributed by atoms with Crippen LogP contribution in [0.2, 0.25) is 0 Å². The number of nitriles is 1. The molecule has 0 saturated heterocycles. The van der Waals surface area contributed by atoms with Gasteiger partial charge in [0.25, 0.3) is 0 Å². The molecule has 0 aromatic carbocycles. The monoisotopic (exact) mass is 174 g/mol. The molecule has 4 heteroatoms. The summed E-state index contributed by atoms with van der Waals surface area (Å²) in [4.78, 5) is 0. The number of anilines is 1. The molecule has 0 unspecified atom stereocenters. The van der Waals surface area contributed by atoms with Gasteiger partial charge in [-0.1, -0.05) is 0 Å². The van der Waals surface area contributed by atoms with E-state index in [-0.39, 0.29) is 5.54 Å². The molecule has 13 heavy (non-hydrogen) atoms. The Hall–Kier alpha value is -1.50. The van der Waals surface area contributed by atoms with Crippen molar-refractivity contribution in [3.05, 3.63) is 11.8 Å². The Morgan fingerprint density at radius 2 is 2.31 bits per heavy atom. The molecule has 0 spiro atoms. The van der Waals surface area contributed by atoms with E-state index in [9.17, 15) is 0 Å². The summed E-state index contributed by atoms with van der Waals surface area (Å²) in [6, 6.07) is 2.04. The summed E-state index contributed by atoms with van der Waals surface area (Å²) >= 11 is 0. The summed E-state index contributed by atoms with van der Waals surface area (Å²) < 4.78 is 1.85. The van der Waals surface area contributed by atoms with Gasteiger partial charge in [-0.05, 0) is 25.2 Å². The summed E-state index contributed by atoms with van der Waals surface area (Å²) in [6.07, 6.45) is 5.16. The zero-order valence-electron chi connectivity index (χ0n) is 7.20. The third kappa shape index (κ3) is 0.637. The third-order valence-electron chi connectivity index (χ3n) is 3.38. The molecule has 3 fully saturated rings. The molecule has 0 amide bonds. The second-order valence-corrected chi connectivity index (χ2v) is 4.17. The largest absolute Gasteiger partial charge is 0.383 e. The van der Waals surface area contributed by atoms with E-state index in [1.807, 2.05) is 10.8 Å². The quantitative estimate of drug-likeness (QED) is 0.686. The molecule has 4 rings (SSSR count). The Bertz CT molecular complexity index is 395. The summed E-state index contributed by atoms with van der Waals surface area (Å²) in [5.41, 5.74) is 6.51. The van der Waals surface area contributed by atoms with E-state index in [0.29, 0.717) is 11.4 Å². The fourth-order valence-corrected chi connectivity index (χ4v) is 2.51. The smallest absolute Gasteiger partial charge is 0.140 e. The predicted molar refractivity (Wildman–Crippen MR) is 46.7 cm³/mol. The maximum absolute atomic E-state index is 8.72. The van der Waals surface area contributed by atoms with Gasteiger partial charge in [-0.3, -0.25) is 0 Å². The van der Waals surface area contributed by atoms with Crippen LogP contribution < -0.4 is 5.73 Å². The minimum absolute atomic E-state index is 0.198. The van der Waals surface area contributed by atoms with Crippen LogP contribution in [-0.4, -0.2) is 9.78 Å². The molecular formula is C9H10N4. The summed E-state index contributed by atoms with van der Waals surface area (Å²) in [7, 11) is 0. The van der Waals surface area contributed by atoms with Crippen molar-refractivity contribution in [2.24, 2.45) is 5.92 Å². The van der Waals surface area contributed by atoms with Gasteiger partial charge in [0.2, 0.25) is 0 Å². The van der Waals surface area contributed by atoms with E-state index in [1.165, 1.54) is 19.3 Å². The van der Waals surface area contributed by atoms with Gasteiger partial charge in [-0.15, -0.1) is 0 Å². The molecular weight excluding hydrogens is 164 g/mol. The molecule has 3 aliphatic rings. The Morgan fingerprint density at radius 1 is 1.62 bits per heavy atom. The summed E-state index contributed by atoms with van der Waals surface area (Å²) in [5.74, 6) is 1.44. The fraction of sp³-hybridized carbons (Fsp3) is 0.556. The van der Waals surface area contributed by atoms with E-state index in [1.54, 1.807) is 6.20 Å². The van der Waals surface area contributed by atoms with Crippen LogP contribution in [0.1, 0.15) is 24.8 Å². The normalized spacial score (nSPS) is 34.5. The molecule has 3 aliphatic carbocycles. The molecule has 0 aliphatic heterocycles. The van der Waals surface area contributed by atoms with E-state index in [0.717, 1.165) is 5.92 Å². The van der Waals surface area contributed by atoms with Crippen LogP contribution in [0.3, 0.4) is 0 Å². The molecule has 66 valence electrons. The lowest BCUT2D eigenvalue weighted by molar-refractivity contribution is -0.0960. The highest BCUT2D eigenvalue weighted by molar-refractivity contribution is 5.48. The van der Waals surface area contributed by atoms with E-state index in [2.05, 4.69) is 5.10 Å². The lowest BCUT2D eigenvalue weighted by Gasteiger charge is -2.61. The van der Waals surface area contributed by atoms with Crippen molar-refractivity contribution in [2.45, 2.75) is 24.8 Å². The van der Waals surface area contributed by atoms with E-state index >= 15 is 0 Å². The van der Waals surface area contributed by atoms with Crippen molar-refractivity contribution in [3.63, 3.8) is 0 Å². The van der Waals surface area contributed by atoms with Crippen LogP contribution in [0, 0.1) is 17.2 Å². The van der Waals surface area contributed by atoms with Gasteiger partial charge in [0.1, 0.15) is 17.5 Å². The minimum Gasteiger partial charge on any atom is -0.383 e. The van der Waals surface area contributed by atoms with Crippen LogP contribution in [-0.2, 0) is 5.54 Å². The third-order valence-corrected chi connectivity index (χ3v) is 3.38. The molecule has 0 atom stereocenters. The van der Waals surface area contributed by atoms with Gasteiger partial charge in [0.15, 0.2) is 0 Å². The minimum atomic E-state index is 0.198. The lowest BCUT2D eigenvalue weighted by Crippen LogP contribution is -2.59. The van der Waals surface area contributed by atoms with Crippen LogP contribution in [0.5, 0.6) is 0 Å². The Kier molecular flexibility index (Phi) is 1.00. The SMILES string of the molecule is N#Cc1cnn(C23CC(C2)C3)c1N. The second-order valence-electron chi connectivity index (χ2n) is 4.17. The summed E-state index contributed by atoms with van der Waals surface area (Å²) in [6.45, 7) is 0. The Morgan fingerprint density at radius 3 is 2.69 bits per heavy atom. The van der Waals surface area contributed by atoms with E-state index in [4.69, 9.17) is 11.0 Å². The molecule has 0 radical (unpaired) electrons. The number of aromatic nitrogens is 2.